The molecule has 0 fully saturated rings. The maximum atomic E-state index is 14.6. The van der Waals surface area contributed by atoms with Crippen LogP contribution in [0.3, 0.4) is 0 Å². The van der Waals surface area contributed by atoms with Crippen molar-refractivity contribution in [2.24, 2.45) is 0 Å². The van der Waals surface area contributed by atoms with E-state index in [1.54, 1.807) is 60.7 Å². The average Bonchev–Trinajstić information content (AvgIpc) is 3.04. The van der Waals surface area contributed by atoms with E-state index in [1.807, 2.05) is 71.0 Å². The van der Waals surface area contributed by atoms with E-state index in [4.69, 9.17) is 11.6 Å². The molecule has 2 atom stereocenters. The Balaban J connectivity index is 1.82. The van der Waals surface area contributed by atoms with Crippen LogP contribution in [0.15, 0.2) is 102 Å². The maximum absolute atomic E-state index is 14.6. The molecule has 7 nitrogen and oxygen atoms in total. The Labute approximate surface area is 278 Å². The van der Waals surface area contributed by atoms with Gasteiger partial charge in [-0.25, -0.2) is 8.42 Å². The molecule has 0 aromatic heterocycles. The number of carbonyl (C=O) groups excluding carboxylic acids is 2. The summed E-state index contributed by atoms with van der Waals surface area (Å²) in [6.45, 7) is 9.19. The number of anilines is 1. The summed E-state index contributed by atoms with van der Waals surface area (Å²) in [5.74, 6) is -0.816. The number of benzene rings is 4. The third-order valence-corrected chi connectivity index (χ3v) is 10.2. The summed E-state index contributed by atoms with van der Waals surface area (Å²) >= 11 is 6.16. The molecule has 4 rings (SSSR count). The highest BCUT2D eigenvalue weighted by molar-refractivity contribution is 7.92. The first kappa shape index (κ1) is 34.7. The third kappa shape index (κ3) is 8.77. The molecule has 242 valence electrons. The van der Waals surface area contributed by atoms with E-state index in [0.717, 1.165) is 32.1 Å². The summed E-state index contributed by atoms with van der Waals surface area (Å²) in [5, 5.41) is 3.60. The van der Waals surface area contributed by atoms with Gasteiger partial charge in [0.1, 0.15) is 12.6 Å². The number of nitrogens with one attached hydrogen (secondary N) is 1. The van der Waals surface area contributed by atoms with Gasteiger partial charge in [0.15, 0.2) is 0 Å². The molecule has 9 heteroatoms. The number of hydrogen-bond donors (Lipinski definition) is 1. The Morgan fingerprint density at radius 1 is 0.826 bits per heavy atom. The zero-order valence-corrected chi connectivity index (χ0v) is 28.6. The van der Waals surface area contributed by atoms with Crippen molar-refractivity contribution < 1.29 is 18.0 Å². The molecule has 0 aliphatic heterocycles. The van der Waals surface area contributed by atoms with Crippen LogP contribution >= 0.6 is 11.6 Å². The Morgan fingerprint density at radius 2 is 1.48 bits per heavy atom. The molecule has 0 aliphatic rings. The molecule has 0 aliphatic carbocycles. The summed E-state index contributed by atoms with van der Waals surface area (Å²) in [6.07, 6.45) is 0.959. The summed E-state index contributed by atoms with van der Waals surface area (Å²) in [5.41, 5.74) is 4.80. The zero-order chi connectivity index (χ0) is 33.4. The van der Waals surface area contributed by atoms with Crippen molar-refractivity contribution in [3.05, 3.63) is 130 Å². The van der Waals surface area contributed by atoms with Gasteiger partial charge in [-0.3, -0.25) is 13.9 Å². The number of halogens is 1. The lowest BCUT2D eigenvalue weighted by atomic mass is 10.0. The van der Waals surface area contributed by atoms with Crippen molar-refractivity contribution in [3.8, 4) is 0 Å². The van der Waals surface area contributed by atoms with Crippen LogP contribution in [-0.4, -0.2) is 43.8 Å². The summed E-state index contributed by atoms with van der Waals surface area (Å²) in [4.78, 5) is 30.1. The van der Waals surface area contributed by atoms with E-state index in [2.05, 4.69) is 5.32 Å². The molecular weight excluding hydrogens is 618 g/mol. The van der Waals surface area contributed by atoms with Crippen molar-refractivity contribution in [3.63, 3.8) is 0 Å². The first-order valence-corrected chi connectivity index (χ1v) is 17.3. The van der Waals surface area contributed by atoms with Crippen LogP contribution in [-0.2, 0) is 32.6 Å². The highest BCUT2D eigenvalue weighted by Crippen LogP contribution is 2.27. The minimum atomic E-state index is -4.17. The number of amides is 2. The maximum Gasteiger partial charge on any atom is 0.264 e. The van der Waals surface area contributed by atoms with Gasteiger partial charge in [0, 0.05) is 24.0 Å². The SMILES string of the molecule is CC[C@@H](C)NC(=O)[C@@H](Cc1ccccc1)N(Cc1ccc(Cl)cc1)C(=O)CN(c1ccc(C)c(C)c1)S(=O)(=O)c1ccc(C)cc1. The fourth-order valence-electron chi connectivity index (χ4n) is 5.03. The summed E-state index contributed by atoms with van der Waals surface area (Å²) in [6, 6.07) is 27.4. The van der Waals surface area contributed by atoms with Crippen LogP contribution in [0.1, 0.15) is 48.1 Å². The second kappa shape index (κ2) is 15.4. The van der Waals surface area contributed by atoms with Crippen LogP contribution in [0.2, 0.25) is 5.02 Å². The highest BCUT2D eigenvalue weighted by Gasteiger charge is 2.35. The topological polar surface area (TPSA) is 86.8 Å². The predicted octanol–water partition coefficient (Wildman–Crippen LogP) is 7.02. The fourth-order valence-corrected chi connectivity index (χ4v) is 6.56. The minimum absolute atomic E-state index is 0.0729. The molecule has 0 saturated heterocycles. The lowest BCUT2D eigenvalue weighted by Crippen LogP contribution is -2.54. The van der Waals surface area contributed by atoms with Crippen LogP contribution in [0.5, 0.6) is 0 Å². The van der Waals surface area contributed by atoms with Crippen LogP contribution in [0, 0.1) is 20.8 Å². The molecule has 0 radical (unpaired) electrons. The van der Waals surface area contributed by atoms with Gasteiger partial charge in [-0.05, 0) is 92.8 Å². The molecule has 0 heterocycles. The second-order valence-corrected chi connectivity index (χ2v) is 14.1. The Kier molecular flexibility index (Phi) is 11.7. The lowest BCUT2D eigenvalue weighted by Gasteiger charge is -2.34. The number of rotatable bonds is 13. The Hall–Kier alpha value is -4.14. The van der Waals surface area contributed by atoms with Gasteiger partial charge < -0.3 is 10.2 Å². The number of nitrogens with zero attached hydrogens (tertiary/aromatic N) is 2. The zero-order valence-electron chi connectivity index (χ0n) is 27.0. The summed E-state index contributed by atoms with van der Waals surface area (Å²) in [7, 11) is -4.17. The van der Waals surface area contributed by atoms with E-state index in [1.165, 1.54) is 4.90 Å². The predicted molar refractivity (Wildman–Crippen MR) is 185 cm³/mol. The van der Waals surface area contributed by atoms with E-state index in [-0.39, 0.29) is 29.8 Å². The molecule has 0 spiro atoms. The quantitative estimate of drug-likeness (QED) is 0.167. The third-order valence-electron chi connectivity index (χ3n) is 8.20. The minimum Gasteiger partial charge on any atom is -0.352 e. The average molecular weight is 660 g/mol. The van der Waals surface area contributed by atoms with E-state index < -0.39 is 28.5 Å². The van der Waals surface area contributed by atoms with Gasteiger partial charge >= 0.3 is 0 Å². The van der Waals surface area contributed by atoms with Gasteiger partial charge in [-0.15, -0.1) is 0 Å². The van der Waals surface area contributed by atoms with Crippen molar-refractivity contribution in [1.29, 1.82) is 0 Å². The first-order chi connectivity index (χ1) is 21.9. The normalized spacial score (nSPS) is 12.7. The van der Waals surface area contributed by atoms with Crippen molar-refractivity contribution in [2.45, 2.75) is 71.0 Å². The molecule has 4 aromatic rings. The van der Waals surface area contributed by atoms with Crippen molar-refractivity contribution in [1.82, 2.24) is 10.2 Å². The molecule has 0 bridgehead atoms. The van der Waals surface area contributed by atoms with Crippen LogP contribution < -0.4 is 9.62 Å². The Bertz CT molecular complexity index is 1740. The summed E-state index contributed by atoms with van der Waals surface area (Å²) < 4.78 is 29.6. The number of aryl methyl sites for hydroxylation is 3. The van der Waals surface area contributed by atoms with E-state index >= 15 is 0 Å². The largest absolute Gasteiger partial charge is 0.352 e. The van der Waals surface area contributed by atoms with Crippen LogP contribution in [0.4, 0.5) is 5.69 Å². The number of sulfonamides is 1. The van der Waals surface area contributed by atoms with Crippen molar-refractivity contribution in [2.75, 3.05) is 10.8 Å². The van der Waals surface area contributed by atoms with Crippen LogP contribution in [0.25, 0.3) is 0 Å². The molecule has 4 aromatic carbocycles. The van der Waals surface area contributed by atoms with Gasteiger partial charge in [0.25, 0.3) is 10.0 Å². The molecule has 1 N–H and O–H groups in total. The van der Waals surface area contributed by atoms with E-state index in [9.17, 15) is 18.0 Å². The molecule has 0 unspecified atom stereocenters. The molecular formula is C37H42ClN3O4S. The highest BCUT2D eigenvalue weighted by atomic mass is 35.5. The Morgan fingerprint density at radius 3 is 2.09 bits per heavy atom. The van der Waals surface area contributed by atoms with Gasteiger partial charge in [0.05, 0.1) is 10.6 Å². The van der Waals surface area contributed by atoms with Gasteiger partial charge in [-0.2, -0.15) is 0 Å². The smallest absolute Gasteiger partial charge is 0.264 e. The van der Waals surface area contributed by atoms with Gasteiger partial charge in [0.2, 0.25) is 11.8 Å². The molecule has 2 amide bonds. The second-order valence-electron chi connectivity index (χ2n) is 11.8. The number of hydrogen-bond acceptors (Lipinski definition) is 4. The fraction of sp³-hybridized carbons (Fsp3) is 0.297. The lowest BCUT2D eigenvalue weighted by molar-refractivity contribution is -0.140. The standard InChI is InChI=1S/C37H42ClN3O4S/c1-6-29(5)39-37(43)35(23-30-10-8-7-9-11-30)40(24-31-15-17-32(38)18-16-31)36(42)25-41(33-19-14-27(3)28(4)22-33)46(44,45)34-20-12-26(2)13-21-34/h7-22,29,35H,6,23-25H2,1-5H3,(H,39,43)/t29-,35-/m1/s1. The first-order valence-electron chi connectivity index (χ1n) is 15.4. The molecule has 46 heavy (non-hydrogen) atoms. The van der Waals surface area contributed by atoms with Gasteiger partial charge in [-0.1, -0.05) is 84.8 Å². The van der Waals surface area contributed by atoms with Crippen molar-refractivity contribution >= 4 is 39.1 Å². The van der Waals surface area contributed by atoms with E-state index in [0.29, 0.717) is 17.1 Å². The monoisotopic (exact) mass is 659 g/mol. The number of carbonyl (C=O) groups is 2. The molecule has 0 saturated carbocycles.